The highest BCUT2D eigenvalue weighted by Gasteiger charge is 2.41. The van der Waals surface area contributed by atoms with Gasteiger partial charge in [0.05, 0.1) is 0 Å². The Labute approximate surface area is 124 Å². The number of hydrogen-bond acceptors (Lipinski definition) is 1. The second kappa shape index (κ2) is 5.99. The van der Waals surface area contributed by atoms with Gasteiger partial charge in [0.1, 0.15) is 0 Å². The molecular weight excluding hydrogens is 275 g/mol. The monoisotopic (exact) mass is 299 g/mol. The Balaban J connectivity index is 2.39. The van der Waals surface area contributed by atoms with Crippen molar-refractivity contribution in [3.63, 3.8) is 0 Å². The van der Waals surface area contributed by atoms with Crippen LogP contribution in [-0.2, 0) is 5.41 Å². The molecular formula is C17H24F3N. The fourth-order valence-corrected chi connectivity index (χ4v) is 3.79. The van der Waals surface area contributed by atoms with Gasteiger partial charge in [0.15, 0.2) is 17.5 Å². The first-order valence-electron chi connectivity index (χ1n) is 7.60. The van der Waals surface area contributed by atoms with Gasteiger partial charge in [0.2, 0.25) is 0 Å². The summed E-state index contributed by atoms with van der Waals surface area (Å²) in [6, 6.07) is 2.67. The van der Waals surface area contributed by atoms with Gasteiger partial charge in [-0.3, -0.25) is 0 Å². The van der Waals surface area contributed by atoms with Crippen LogP contribution in [0.1, 0.15) is 45.6 Å². The summed E-state index contributed by atoms with van der Waals surface area (Å²) in [7, 11) is 1.91. The molecule has 1 N–H and O–H groups in total. The first kappa shape index (κ1) is 16.3. The van der Waals surface area contributed by atoms with E-state index in [4.69, 9.17) is 0 Å². The molecule has 1 aliphatic rings. The quantitative estimate of drug-likeness (QED) is 0.815. The molecule has 0 saturated heterocycles. The van der Waals surface area contributed by atoms with Gasteiger partial charge in [-0.1, -0.05) is 33.3 Å². The van der Waals surface area contributed by atoms with Crippen LogP contribution >= 0.6 is 0 Å². The van der Waals surface area contributed by atoms with E-state index in [1.165, 1.54) is 6.07 Å². The minimum Gasteiger partial charge on any atom is -0.317 e. The zero-order chi connectivity index (χ0) is 15.8. The standard InChI is InChI=1S/C17H24F3N/c1-10-5-6-11(14(9-10)21-4)17(2,3)12-7-8-13(18)16(20)15(12)19/h7-8,10-11,14,21H,5-6,9H2,1-4H3. The third-order valence-corrected chi connectivity index (χ3v) is 5.14. The molecule has 118 valence electrons. The lowest BCUT2D eigenvalue weighted by molar-refractivity contribution is 0.148. The Morgan fingerprint density at radius 1 is 1.10 bits per heavy atom. The van der Waals surface area contributed by atoms with Gasteiger partial charge < -0.3 is 5.32 Å². The van der Waals surface area contributed by atoms with Crippen LogP contribution in [0.4, 0.5) is 13.2 Å². The Morgan fingerprint density at radius 2 is 1.76 bits per heavy atom. The predicted molar refractivity (Wildman–Crippen MR) is 78.7 cm³/mol. The van der Waals surface area contributed by atoms with E-state index in [9.17, 15) is 13.2 Å². The van der Waals surface area contributed by atoms with Crippen LogP contribution in [0.5, 0.6) is 0 Å². The summed E-state index contributed by atoms with van der Waals surface area (Å²) in [6.07, 6.45) is 3.06. The smallest absolute Gasteiger partial charge is 0.194 e. The van der Waals surface area contributed by atoms with Crippen molar-refractivity contribution in [3.8, 4) is 0 Å². The lowest BCUT2D eigenvalue weighted by Crippen LogP contribution is -2.47. The summed E-state index contributed by atoms with van der Waals surface area (Å²) < 4.78 is 40.9. The molecule has 1 aromatic rings. The van der Waals surface area contributed by atoms with Crippen molar-refractivity contribution in [1.82, 2.24) is 5.32 Å². The van der Waals surface area contributed by atoms with Gasteiger partial charge in [-0.15, -0.1) is 0 Å². The SMILES string of the molecule is CNC1CC(C)CCC1C(C)(C)c1ccc(F)c(F)c1F. The van der Waals surface area contributed by atoms with Crippen LogP contribution in [0.15, 0.2) is 12.1 Å². The molecule has 0 bridgehead atoms. The molecule has 4 heteroatoms. The minimum absolute atomic E-state index is 0.193. The number of benzene rings is 1. The van der Waals surface area contributed by atoms with Crippen molar-refractivity contribution in [2.45, 2.75) is 51.5 Å². The van der Waals surface area contributed by atoms with E-state index in [1.54, 1.807) is 0 Å². The maximum atomic E-state index is 14.2. The molecule has 0 aliphatic heterocycles. The van der Waals surface area contributed by atoms with Crippen molar-refractivity contribution < 1.29 is 13.2 Å². The molecule has 0 aromatic heterocycles. The van der Waals surface area contributed by atoms with Gasteiger partial charge in [0, 0.05) is 6.04 Å². The molecule has 0 spiro atoms. The van der Waals surface area contributed by atoms with Crippen LogP contribution < -0.4 is 5.32 Å². The number of nitrogens with one attached hydrogen (secondary N) is 1. The van der Waals surface area contributed by atoms with Crippen molar-refractivity contribution >= 4 is 0 Å². The van der Waals surface area contributed by atoms with Gasteiger partial charge >= 0.3 is 0 Å². The maximum absolute atomic E-state index is 14.2. The number of rotatable bonds is 3. The Morgan fingerprint density at radius 3 is 2.38 bits per heavy atom. The van der Waals surface area contributed by atoms with Crippen molar-refractivity contribution in [2.24, 2.45) is 11.8 Å². The average molecular weight is 299 g/mol. The second-order valence-electron chi connectivity index (χ2n) is 6.86. The third kappa shape index (κ3) is 2.96. The molecule has 1 nitrogen and oxygen atoms in total. The fourth-order valence-electron chi connectivity index (χ4n) is 3.79. The molecule has 0 heterocycles. The fraction of sp³-hybridized carbons (Fsp3) is 0.647. The summed E-state index contributed by atoms with van der Waals surface area (Å²) >= 11 is 0. The molecule has 0 radical (unpaired) electrons. The molecule has 2 rings (SSSR count). The van der Waals surface area contributed by atoms with Gasteiger partial charge in [-0.2, -0.15) is 0 Å². The van der Waals surface area contributed by atoms with Crippen LogP contribution in [0.3, 0.4) is 0 Å². The van der Waals surface area contributed by atoms with Gasteiger partial charge in [-0.25, -0.2) is 13.2 Å². The molecule has 21 heavy (non-hydrogen) atoms. The van der Waals surface area contributed by atoms with E-state index in [-0.39, 0.29) is 17.5 Å². The first-order chi connectivity index (χ1) is 9.78. The van der Waals surface area contributed by atoms with E-state index in [1.807, 2.05) is 20.9 Å². The molecule has 3 unspecified atom stereocenters. The van der Waals surface area contributed by atoms with Crippen molar-refractivity contribution in [2.75, 3.05) is 7.05 Å². The van der Waals surface area contributed by atoms with E-state index < -0.39 is 22.9 Å². The second-order valence-corrected chi connectivity index (χ2v) is 6.86. The van der Waals surface area contributed by atoms with E-state index in [0.717, 1.165) is 25.3 Å². The highest BCUT2D eigenvalue weighted by molar-refractivity contribution is 5.29. The van der Waals surface area contributed by atoms with Crippen molar-refractivity contribution in [1.29, 1.82) is 0 Å². The maximum Gasteiger partial charge on any atom is 0.194 e. The molecule has 3 atom stereocenters. The lowest BCUT2D eigenvalue weighted by Gasteiger charge is -2.44. The summed E-state index contributed by atoms with van der Waals surface area (Å²) in [6.45, 7) is 6.06. The topological polar surface area (TPSA) is 12.0 Å². The summed E-state index contributed by atoms with van der Waals surface area (Å²) in [5.41, 5.74) is -0.284. The normalized spacial score (nSPS) is 26.9. The molecule has 1 aromatic carbocycles. The third-order valence-electron chi connectivity index (χ3n) is 5.14. The highest BCUT2D eigenvalue weighted by Crippen LogP contribution is 2.43. The largest absolute Gasteiger partial charge is 0.317 e. The van der Waals surface area contributed by atoms with Crippen molar-refractivity contribution in [3.05, 3.63) is 35.1 Å². The van der Waals surface area contributed by atoms with Crippen LogP contribution in [0.25, 0.3) is 0 Å². The van der Waals surface area contributed by atoms with E-state index >= 15 is 0 Å². The summed E-state index contributed by atoms with van der Waals surface area (Å²) in [5.74, 6) is -2.73. The zero-order valence-electron chi connectivity index (χ0n) is 13.1. The summed E-state index contributed by atoms with van der Waals surface area (Å²) in [5, 5.41) is 3.32. The lowest BCUT2D eigenvalue weighted by atomic mass is 9.63. The molecule has 1 saturated carbocycles. The average Bonchev–Trinajstić information content (AvgIpc) is 2.44. The van der Waals surface area contributed by atoms with Gasteiger partial charge in [0.25, 0.3) is 0 Å². The Kier molecular flexibility index (Phi) is 4.66. The molecule has 0 amide bonds. The minimum atomic E-state index is -1.37. The zero-order valence-corrected chi connectivity index (χ0v) is 13.1. The Bertz CT molecular complexity index is 513. The molecule has 1 fully saturated rings. The molecule has 1 aliphatic carbocycles. The van der Waals surface area contributed by atoms with E-state index in [0.29, 0.717) is 5.92 Å². The first-order valence-corrected chi connectivity index (χ1v) is 7.60. The van der Waals surface area contributed by atoms with E-state index in [2.05, 4.69) is 12.2 Å². The van der Waals surface area contributed by atoms with Gasteiger partial charge in [-0.05, 0) is 48.8 Å². The predicted octanol–water partition coefficient (Wildman–Crippen LogP) is 4.41. The highest BCUT2D eigenvalue weighted by atomic mass is 19.2. The van der Waals surface area contributed by atoms with Crippen LogP contribution in [0.2, 0.25) is 0 Å². The summed E-state index contributed by atoms with van der Waals surface area (Å²) in [4.78, 5) is 0. The number of hydrogen-bond donors (Lipinski definition) is 1. The van der Waals surface area contributed by atoms with Crippen LogP contribution in [0, 0.1) is 29.3 Å². The Hall–Kier alpha value is -1.03. The number of halogens is 3. The van der Waals surface area contributed by atoms with Crippen LogP contribution in [-0.4, -0.2) is 13.1 Å².